The number of carbonyl (C=O) groups excluding carboxylic acids is 1. The van der Waals surface area contributed by atoms with Crippen molar-refractivity contribution in [3.05, 3.63) is 30.1 Å². The topological polar surface area (TPSA) is 34.9 Å². The number of halogens is 2. The van der Waals surface area contributed by atoms with E-state index in [1.807, 2.05) is 0 Å². The first-order valence-electron chi connectivity index (χ1n) is 4.82. The number of pyridine rings is 1. The van der Waals surface area contributed by atoms with Gasteiger partial charge in [-0.25, -0.2) is 13.8 Å². The molecule has 0 unspecified atom stereocenters. The minimum atomic E-state index is -2.46. The third-order valence-electron chi connectivity index (χ3n) is 2.35. The van der Waals surface area contributed by atoms with Crippen molar-refractivity contribution >= 4 is 16.8 Å². The number of hydrogen-bond donors (Lipinski definition) is 0. The van der Waals surface area contributed by atoms with E-state index in [0.29, 0.717) is 16.6 Å². The van der Waals surface area contributed by atoms with E-state index in [2.05, 4.69) is 4.98 Å². The Morgan fingerprint density at radius 2 is 2.31 bits per heavy atom. The lowest BCUT2D eigenvalue weighted by Crippen LogP contribution is -2.05. The molecule has 84 valence electrons. The summed E-state index contributed by atoms with van der Waals surface area (Å²) in [6, 6.07) is 3.39. The highest BCUT2D eigenvalue weighted by Crippen LogP contribution is 2.20. The van der Waals surface area contributed by atoms with Crippen LogP contribution < -0.4 is 0 Å². The minimum Gasteiger partial charge on any atom is -0.326 e. The molecular weight excluding hydrogens is 214 g/mol. The first-order valence-corrected chi connectivity index (χ1v) is 4.82. The van der Waals surface area contributed by atoms with Crippen LogP contribution in [-0.4, -0.2) is 21.8 Å². The number of Topliss-reactive ketones (excluding diaryl/α,β-unsaturated/α-hetero) is 1. The van der Waals surface area contributed by atoms with Crippen LogP contribution in [-0.2, 0) is 6.54 Å². The normalized spacial score (nSPS) is 11.2. The van der Waals surface area contributed by atoms with Crippen LogP contribution in [0.15, 0.2) is 24.5 Å². The van der Waals surface area contributed by atoms with Crippen molar-refractivity contribution in [3.8, 4) is 0 Å². The van der Waals surface area contributed by atoms with Crippen molar-refractivity contribution in [2.75, 3.05) is 0 Å². The highest BCUT2D eigenvalue weighted by atomic mass is 19.3. The molecule has 0 spiro atoms. The number of hydrogen-bond acceptors (Lipinski definition) is 2. The second-order valence-corrected chi connectivity index (χ2v) is 3.52. The molecule has 0 bridgehead atoms. The number of carbonyl (C=O) groups is 1. The molecule has 0 aliphatic heterocycles. The van der Waals surface area contributed by atoms with Gasteiger partial charge >= 0.3 is 0 Å². The van der Waals surface area contributed by atoms with E-state index in [0.717, 1.165) is 0 Å². The lowest BCUT2D eigenvalue weighted by molar-refractivity contribution is 0.101. The molecule has 2 aromatic heterocycles. The Hall–Kier alpha value is -1.78. The van der Waals surface area contributed by atoms with Gasteiger partial charge in [0.05, 0.1) is 6.54 Å². The maximum atomic E-state index is 12.3. The second-order valence-electron chi connectivity index (χ2n) is 3.52. The van der Waals surface area contributed by atoms with Gasteiger partial charge in [0.1, 0.15) is 5.65 Å². The molecule has 0 aromatic carbocycles. The van der Waals surface area contributed by atoms with E-state index < -0.39 is 13.0 Å². The first kappa shape index (κ1) is 10.7. The van der Waals surface area contributed by atoms with Crippen molar-refractivity contribution in [2.24, 2.45) is 0 Å². The molecule has 16 heavy (non-hydrogen) atoms. The Labute approximate surface area is 90.7 Å². The molecule has 2 rings (SSSR count). The molecular formula is C11H10F2N2O. The van der Waals surface area contributed by atoms with E-state index in [-0.39, 0.29) is 5.78 Å². The fraction of sp³-hybridized carbons (Fsp3) is 0.273. The molecule has 0 radical (unpaired) electrons. The lowest BCUT2D eigenvalue weighted by Gasteiger charge is -2.01. The average Bonchev–Trinajstić information content (AvgIpc) is 2.57. The predicted octanol–water partition coefficient (Wildman–Crippen LogP) is 2.50. The predicted molar refractivity (Wildman–Crippen MR) is 55.7 cm³/mol. The summed E-state index contributed by atoms with van der Waals surface area (Å²) in [5.41, 5.74) is 0.858. The van der Waals surface area contributed by atoms with Crippen LogP contribution in [0.1, 0.15) is 17.3 Å². The van der Waals surface area contributed by atoms with E-state index in [4.69, 9.17) is 0 Å². The molecule has 0 aliphatic rings. The Bertz CT molecular complexity index is 534. The monoisotopic (exact) mass is 224 g/mol. The van der Waals surface area contributed by atoms with Crippen molar-refractivity contribution in [3.63, 3.8) is 0 Å². The molecule has 3 nitrogen and oxygen atoms in total. The molecule has 0 saturated carbocycles. The van der Waals surface area contributed by atoms with Gasteiger partial charge in [0.2, 0.25) is 0 Å². The molecule has 0 amide bonds. The van der Waals surface area contributed by atoms with E-state index >= 15 is 0 Å². The van der Waals surface area contributed by atoms with Crippen LogP contribution in [0.4, 0.5) is 8.78 Å². The van der Waals surface area contributed by atoms with E-state index in [1.165, 1.54) is 23.9 Å². The maximum absolute atomic E-state index is 12.3. The number of aromatic nitrogens is 2. The summed E-state index contributed by atoms with van der Waals surface area (Å²) < 4.78 is 26.0. The van der Waals surface area contributed by atoms with E-state index in [9.17, 15) is 13.6 Å². The highest BCUT2D eigenvalue weighted by molar-refractivity contribution is 6.06. The molecule has 5 heteroatoms. The smallest absolute Gasteiger partial charge is 0.256 e. The molecule has 2 aromatic rings. The molecule has 0 saturated heterocycles. The number of alkyl halides is 2. The van der Waals surface area contributed by atoms with Crippen LogP contribution in [0, 0.1) is 0 Å². The number of nitrogens with zero attached hydrogens (tertiary/aromatic N) is 2. The Balaban J connectivity index is 2.62. The van der Waals surface area contributed by atoms with Gasteiger partial charge in [-0.2, -0.15) is 0 Å². The summed E-state index contributed by atoms with van der Waals surface area (Å²) in [4.78, 5) is 15.3. The Morgan fingerprint density at radius 3 is 2.94 bits per heavy atom. The Morgan fingerprint density at radius 1 is 1.56 bits per heavy atom. The summed E-state index contributed by atoms with van der Waals surface area (Å²) in [7, 11) is 0. The highest BCUT2D eigenvalue weighted by Gasteiger charge is 2.14. The summed E-state index contributed by atoms with van der Waals surface area (Å²) in [6.45, 7) is 0.968. The third kappa shape index (κ3) is 1.80. The van der Waals surface area contributed by atoms with Gasteiger partial charge in [-0.1, -0.05) is 0 Å². The van der Waals surface area contributed by atoms with Gasteiger partial charge in [0.15, 0.2) is 5.78 Å². The minimum absolute atomic E-state index is 0.147. The SMILES string of the molecule is CC(=O)c1cn(CC(F)F)c2ncccc12. The van der Waals surface area contributed by atoms with Gasteiger partial charge < -0.3 is 4.57 Å². The van der Waals surface area contributed by atoms with E-state index in [1.54, 1.807) is 12.1 Å². The van der Waals surface area contributed by atoms with Crippen molar-refractivity contribution in [1.29, 1.82) is 0 Å². The fourth-order valence-corrected chi connectivity index (χ4v) is 1.69. The first-order chi connectivity index (χ1) is 7.59. The summed E-state index contributed by atoms with van der Waals surface area (Å²) in [6.07, 6.45) is 0.498. The number of rotatable bonds is 3. The molecule has 0 atom stereocenters. The summed E-state index contributed by atoms with van der Waals surface area (Å²) >= 11 is 0. The quantitative estimate of drug-likeness (QED) is 0.751. The largest absolute Gasteiger partial charge is 0.326 e. The number of ketones is 1. The number of fused-ring (bicyclic) bond motifs is 1. The van der Waals surface area contributed by atoms with Gasteiger partial charge in [-0.05, 0) is 19.1 Å². The average molecular weight is 224 g/mol. The third-order valence-corrected chi connectivity index (χ3v) is 2.35. The standard InChI is InChI=1S/C11H10F2N2O/c1-7(16)9-5-15(6-10(12)13)11-8(9)3-2-4-14-11/h2-5,10H,6H2,1H3. The van der Waals surface area contributed by atoms with Gasteiger partial charge in [0.25, 0.3) is 6.43 Å². The van der Waals surface area contributed by atoms with Crippen LogP contribution in [0.2, 0.25) is 0 Å². The fourth-order valence-electron chi connectivity index (χ4n) is 1.69. The van der Waals surface area contributed by atoms with Crippen molar-refractivity contribution < 1.29 is 13.6 Å². The molecule has 0 aliphatic carbocycles. The van der Waals surface area contributed by atoms with Gasteiger partial charge in [-0.15, -0.1) is 0 Å². The van der Waals surface area contributed by atoms with Crippen molar-refractivity contribution in [1.82, 2.24) is 9.55 Å². The van der Waals surface area contributed by atoms with Crippen LogP contribution in [0.25, 0.3) is 11.0 Å². The maximum Gasteiger partial charge on any atom is 0.256 e. The molecule has 0 N–H and O–H groups in total. The molecule has 0 fully saturated rings. The summed E-state index contributed by atoms with van der Waals surface area (Å²) in [5.74, 6) is -0.147. The Kier molecular flexibility index (Phi) is 2.68. The van der Waals surface area contributed by atoms with Gasteiger partial charge in [0, 0.05) is 23.3 Å². The van der Waals surface area contributed by atoms with Crippen LogP contribution in [0.5, 0.6) is 0 Å². The zero-order valence-electron chi connectivity index (χ0n) is 8.65. The second kappa shape index (κ2) is 4.00. The molecule has 2 heterocycles. The summed E-state index contributed by atoms with van der Waals surface area (Å²) in [5, 5.41) is 0.621. The van der Waals surface area contributed by atoms with Crippen LogP contribution >= 0.6 is 0 Å². The lowest BCUT2D eigenvalue weighted by atomic mass is 10.2. The van der Waals surface area contributed by atoms with Crippen molar-refractivity contribution in [2.45, 2.75) is 19.9 Å². The zero-order valence-corrected chi connectivity index (χ0v) is 8.65. The van der Waals surface area contributed by atoms with Gasteiger partial charge in [-0.3, -0.25) is 4.79 Å². The van der Waals surface area contributed by atoms with Crippen LogP contribution in [0.3, 0.4) is 0 Å². The zero-order chi connectivity index (χ0) is 11.7.